The third-order valence-corrected chi connectivity index (χ3v) is 3.57. The van der Waals surface area contributed by atoms with Crippen molar-refractivity contribution in [3.63, 3.8) is 0 Å². The number of aromatic nitrogens is 3. The van der Waals surface area contributed by atoms with Crippen LogP contribution < -0.4 is 4.74 Å². The molecule has 1 aromatic carbocycles. The fourth-order valence-corrected chi connectivity index (χ4v) is 2.60. The molecule has 20 heavy (non-hydrogen) atoms. The number of benzene rings is 1. The maximum atomic E-state index is 6.09. The molecule has 0 amide bonds. The lowest BCUT2D eigenvalue weighted by Gasteiger charge is -2.10. The van der Waals surface area contributed by atoms with Crippen LogP contribution in [0.2, 0.25) is 5.02 Å². The zero-order valence-corrected chi connectivity index (χ0v) is 12.5. The highest BCUT2D eigenvalue weighted by Gasteiger charge is 2.13. The van der Waals surface area contributed by atoms with Crippen molar-refractivity contribution in [2.45, 2.75) is 6.92 Å². The molecular weight excluding hydrogens is 294 g/mol. The molecule has 6 heteroatoms. The lowest BCUT2D eigenvalue weighted by molar-refractivity contribution is 0.413. The fourth-order valence-electron chi connectivity index (χ4n) is 2.14. The van der Waals surface area contributed by atoms with Crippen molar-refractivity contribution < 1.29 is 4.74 Å². The summed E-state index contributed by atoms with van der Waals surface area (Å²) in [6.45, 7) is 1.94. The van der Waals surface area contributed by atoms with Gasteiger partial charge < -0.3 is 9.72 Å². The topological polar surface area (TPSA) is 42.8 Å². The number of fused-ring (bicyclic) bond motifs is 1. The van der Waals surface area contributed by atoms with Gasteiger partial charge in [0.15, 0.2) is 10.4 Å². The number of nitrogens with one attached hydrogen (secondary N) is 1. The lowest BCUT2D eigenvalue weighted by atomic mass is 10.3. The number of hydrogen-bond donors (Lipinski definition) is 1. The van der Waals surface area contributed by atoms with Crippen LogP contribution in [-0.4, -0.2) is 21.6 Å². The Morgan fingerprint density at radius 2 is 2.10 bits per heavy atom. The molecule has 3 aromatic rings. The number of ether oxygens (including phenoxy) is 1. The molecule has 0 aliphatic carbocycles. The molecule has 1 N–H and O–H groups in total. The highest BCUT2D eigenvalue weighted by molar-refractivity contribution is 7.71. The summed E-state index contributed by atoms with van der Waals surface area (Å²) in [6.07, 6.45) is 0. The fraction of sp³-hybridized carbons (Fsp3) is 0.143. The number of methoxy groups -OCH3 is 1. The van der Waals surface area contributed by atoms with Gasteiger partial charge in [-0.3, -0.25) is 4.57 Å². The molecule has 0 fully saturated rings. The molecule has 2 aromatic heterocycles. The van der Waals surface area contributed by atoms with Gasteiger partial charge in [0, 0.05) is 10.7 Å². The minimum atomic E-state index is 0.554. The Morgan fingerprint density at radius 1 is 1.30 bits per heavy atom. The minimum Gasteiger partial charge on any atom is -0.495 e. The van der Waals surface area contributed by atoms with Crippen LogP contribution in [0.4, 0.5) is 0 Å². The zero-order chi connectivity index (χ0) is 14.3. The lowest BCUT2D eigenvalue weighted by Crippen LogP contribution is -1.99. The second-order valence-corrected chi connectivity index (χ2v) is 5.23. The van der Waals surface area contributed by atoms with Gasteiger partial charge in [-0.25, -0.2) is 4.98 Å². The molecule has 0 aliphatic rings. The van der Waals surface area contributed by atoms with Gasteiger partial charge in [0.05, 0.1) is 18.3 Å². The number of aromatic amines is 1. The second kappa shape index (κ2) is 4.92. The number of aryl methyl sites for hydroxylation is 1. The molecule has 0 saturated carbocycles. The SMILES string of the molecule is COc1ccc(Cl)cc1-n1c(=S)[nH]c2ccc(C)nc21. The first-order valence-electron chi connectivity index (χ1n) is 6.02. The third kappa shape index (κ3) is 2.09. The summed E-state index contributed by atoms with van der Waals surface area (Å²) in [5, 5.41) is 0.615. The first-order valence-corrected chi connectivity index (χ1v) is 6.81. The van der Waals surface area contributed by atoms with E-state index in [-0.39, 0.29) is 0 Å². The average Bonchev–Trinajstić information content (AvgIpc) is 2.74. The molecule has 0 radical (unpaired) electrons. The number of nitrogens with zero attached hydrogens (tertiary/aromatic N) is 2. The van der Waals surface area contributed by atoms with Gasteiger partial charge in [0.1, 0.15) is 5.75 Å². The van der Waals surface area contributed by atoms with Gasteiger partial charge in [-0.2, -0.15) is 0 Å². The second-order valence-electron chi connectivity index (χ2n) is 4.41. The molecule has 0 unspecified atom stereocenters. The highest BCUT2D eigenvalue weighted by atomic mass is 35.5. The van der Waals surface area contributed by atoms with Crippen LogP contribution >= 0.6 is 23.8 Å². The summed E-state index contributed by atoms with van der Waals surface area (Å²) in [5.74, 6) is 0.690. The molecule has 4 nitrogen and oxygen atoms in total. The predicted octanol–water partition coefficient (Wildman–Crippen LogP) is 4.05. The first-order chi connectivity index (χ1) is 9.60. The van der Waals surface area contributed by atoms with Gasteiger partial charge in [-0.15, -0.1) is 0 Å². The quantitative estimate of drug-likeness (QED) is 0.726. The number of halogens is 1. The van der Waals surface area contributed by atoms with Crippen molar-refractivity contribution in [3.05, 3.63) is 45.8 Å². The van der Waals surface area contributed by atoms with Gasteiger partial charge in [-0.05, 0) is 49.5 Å². The average molecular weight is 306 g/mol. The van der Waals surface area contributed by atoms with Crippen LogP contribution in [0.3, 0.4) is 0 Å². The predicted molar refractivity (Wildman–Crippen MR) is 82.6 cm³/mol. The molecule has 0 spiro atoms. The Balaban J connectivity index is 2.40. The van der Waals surface area contributed by atoms with E-state index >= 15 is 0 Å². The van der Waals surface area contributed by atoms with E-state index in [2.05, 4.69) is 9.97 Å². The van der Waals surface area contributed by atoms with Crippen LogP contribution in [0.5, 0.6) is 5.75 Å². The molecule has 2 heterocycles. The first kappa shape index (κ1) is 13.1. The maximum Gasteiger partial charge on any atom is 0.184 e. The van der Waals surface area contributed by atoms with Gasteiger partial charge in [0.2, 0.25) is 0 Å². The third-order valence-electron chi connectivity index (χ3n) is 3.05. The number of H-pyrrole nitrogens is 1. The van der Waals surface area contributed by atoms with E-state index in [0.717, 1.165) is 22.5 Å². The number of hydrogen-bond acceptors (Lipinski definition) is 3. The van der Waals surface area contributed by atoms with Crippen molar-refractivity contribution in [2.24, 2.45) is 0 Å². The molecular formula is C14H12ClN3OS. The van der Waals surface area contributed by atoms with Crippen LogP contribution in [0.15, 0.2) is 30.3 Å². The molecule has 0 atom stereocenters. The van der Waals surface area contributed by atoms with Crippen molar-refractivity contribution in [1.29, 1.82) is 0 Å². The molecule has 0 bridgehead atoms. The molecule has 0 saturated heterocycles. The molecule has 102 valence electrons. The summed E-state index contributed by atoms with van der Waals surface area (Å²) in [6, 6.07) is 9.30. The van der Waals surface area contributed by atoms with Crippen molar-refractivity contribution in [2.75, 3.05) is 7.11 Å². The number of rotatable bonds is 2. The van der Waals surface area contributed by atoms with E-state index < -0.39 is 0 Å². The largest absolute Gasteiger partial charge is 0.495 e. The molecule has 0 aliphatic heterocycles. The monoisotopic (exact) mass is 305 g/mol. The van der Waals surface area contributed by atoms with Crippen LogP contribution in [0, 0.1) is 11.7 Å². The summed E-state index contributed by atoms with van der Waals surface area (Å²) in [4.78, 5) is 7.68. The Hall–Kier alpha value is -1.85. The Morgan fingerprint density at radius 3 is 2.85 bits per heavy atom. The van der Waals surface area contributed by atoms with Gasteiger partial charge in [0.25, 0.3) is 0 Å². The summed E-state index contributed by atoms with van der Waals surface area (Å²) in [5.41, 5.74) is 3.33. The highest BCUT2D eigenvalue weighted by Crippen LogP contribution is 2.29. The van der Waals surface area contributed by atoms with Crippen molar-refractivity contribution >= 4 is 35.0 Å². The summed E-state index contributed by atoms with van der Waals surface area (Å²) < 4.78 is 7.78. The van der Waals surface area contributed by atoms with E-state index in [1.165, 1.54) is 0 Å². The van der Waals surface area contributed by atoms with Gasteiger partial charge >= 0.3 is 0 Å². The van der Waals surface area contributed by atoms with E-state index in [4.69, 9.17) is 28.6 Å². The normalized spacial score (nSPS) is 10.9. The Labute approximate surface area is 126 Å². The summed E-state index contributed by atoms with van der Waals surface area (Å²) >= 11 is 11.5. The number of imidazole rings is 1. The van der Waals surface area contributed by atoms with Crippen LogP contribution in [-0.2, 0) is 0 Å². The van der Waals surface area contributed by atoms with E-state index in [1.54, 1.807) is 13.2 Å². The van der Waals surface area contributed by atoms with Gasteiger partial charge in [-0.1, -0.05) is 11.6 Å². The molecule has 3 rings (SSSR count). The Bertz CT molecular complexity index is 853. The van der Waals surface area contributed by atoms with Crippen molar-refractivity contribution in [3.8, 4) is 11.4 Å². The van der Waals surface area contributed by atoms with E-state index in [1.807, 2.05) is 35.8 Å². The maximum absolute atomic E-state index is 6.09. The smallest absolute Gasteiger partial charge is 0.184 e. The number of pyridine rings is 1. The standard InChI is InChI=1S/C14H12ClN3OS/c1-8-3-5-10-13(16-8)18(14(20)17-10)11-7-9(15)4-6-12(11)19-2/h3-7H,1-2H3,(H,17,20). The zero-order valence-electron chi connectivity index (χ0n) is 11.0. The minimum absolute atomic E-state index is 0.554. The van der Waals surface area contributed by atoms with Crippen molar-refractivity contribution in [1.82, 2.24) is 14.5 Å². The van der Waals surface area contributed by atoms with E-state index in [9.17, 15) is 0 Å². The Kier molecular flexibility index (Phi) is 3.23. The van der Waals surface area contributed by atoms with Crippen LogP contribution in [0.1, 0.15) is 5.69 Å². The van der Waals surface area contributed by atoms with Crippen LogP contribution in [0.25, 0.3) is 16.9 Å². The summed E-state index contributed by atoms with van der Waals surface area (Å²) in [7, 11) is 1.61. The van der Waals surface area contributed by atoms with E-state index in [0.29, 0.717) is 15.5 Å².